The molecule has 0 bridgehead atoms. The van der Waals surface area contributed by atoms with Crippen LogP contribution >= 0.6 is 11.3 Å². The molecule has 0 aliphatic carbocycles. The van der Waals surface area contributed by atoms with Crippen molar-refractivity contribution in [1.29, 1.82) is 0 Å². The molecule has 0 spiro atoms. The molecule has 18 heavy (non-hydrogen) atoms. The van der Waals surface area contributed by atoms with Crippen LogP contribution in [0.5, 0.6) is 0 Å². The van der Waals surface area contributed by atoms with E-state index >= 15 is 0 Å². The summed E-state index contributed by atoms with van der Waals surface area (Å²) in [6.45, 7) is 4.12. The van der Waals surface area contributed by atoms with Gasteiger partial charge < -0.3 is 9.88 Å². The highest BCUT2D eigenvalue weighted by atomic mass is 32.1. The van der Waals surface area contributed by atoms with E-state index < -0.39 is 0 Å². The molecule has 2 aromatic heterocycles. The quantitative estimate of drug-likeness (QED) is 0.919. The standard InChI is InChI=1S/C12H16N4OS/c1-8(2)10(11-14-4-5-16(11)3)15-12(17)9-6-13-7-18-9/h4-8,10H,1-3H3,(H,15,17). The predicted molar refractivity (Wildman–Crippen MR) is 70.4 cm³/mol. The molecule has 2 aromatic rings. The number of hydrogen-bond acceptors (Lipinski definition) is 4. The highest BCUT2D eigenvalue weighted by Gasteiger charge is 2.22. The zero-order valence-corrected chi connectivity index (χ0v) is 11.4. The second-order valence-corrected chi connectivity index (χ2v) is 5.34. The molecule has 0 aromatic carbocycles. The Kier molecular flexibility index (Phi) is 3.76. The smallest absolute Gasteiger partial charge is 0.263 e. The highest BCUT2D eigenvalue weighted by Crippen LogP contribution is 2.20. The number of aromatic nitrogens is 3. The van der Waals surface area contributed by atoms with Gasteiger partial charge in [-0.25, -0.2) is 4.98 Å². The monoisotopic (exact) mass is 264 g/mol. The van der Waals surface area contributed by atoms with Crippen molar-refractivity contribution in [3.63, 3.8) is 0 Å². The van der Waals surface area contributed by atoms with Crippen LogP contribution in [-0.4, -0.2) is 20.4 Å². The first kappa shape index (κ1) is 12.8. The predicted octanol–water partition coefficient (Wildman–Crippen LogP) is 2.00. The highest BCUT2D eigenvalue weighted by molar-refractivity contribution is 7.11. The van der Waals surface area contributed by atoms with Gasteiger partial charge in [0.1, 0.15) is 10.7 Å². The molecule has 1 atom stereocenters. The second-order valence-electron chi connectivity index (χ2n) is 4.46. The fourth-order valence-corrected chi connectivity index (χ4v) is 2.27. The fourth-order valence-electron chi connectivity index (χ4n) is 1.75. The summed E-state index contributed by atoms with van der Waals surface area (Å²) in [6, 6.07) is -0.0976. The topological polar surface area (TPSA) is 59.8 Å². The lowest BCUT2D eigenvalue weighted by atomic mass is 10.0. The Balaban J connectivity index is 2.18. The van der Waals surface area contributed by atoms with Crippen molar-refractivity contribution >= 4 is 17.2 Å². The maximum atomic E-state index is 12.0. The van der Waals surface area contributed by atoms with Crippen molar-refractivity contribution in [1.82, 2.24) is 19.9 Å². The van der Waals surface area contributed by atoms with Gasteiger partial charge in [-0.3, -0.25) is 9.78 Å². The number of rotatable bonds is 4. The number of carbonyl (C=O) groups is 1. The number of amides is 1. The van der Waals surface area contributed by atoms with Gasteiger partial charge in [-0.15, -0.1) is 11.3 Å². The van der Waals surface area contributed by atoms with Crippen molar-refractivity contribution in [2.75, 3.05) is 0 Å². The van der Waals surface area contributed by atoms with E-state index in [-0.39, 0.29) is 17.9 Å². The van der Waals surface area contributed by atoms with E-state index in [1.54, 1.807) is 17.9 Å². The number of aryl methyl sites for hydroxylation is 1. The van der Waals surface area contributed by atoms with Gasteiger partial charge in [-0.05, 0) is 5.92 Å². The third kappa shape index (κ3) is 2.59. The summed E-state index contributed by atoms with van der Waals surface area (Å²) in [5.74, 6) is 1.03. The number of hydrogen-bond donors (Lipinski definition) is 1. The van der Waals surface area contributed by atoms with Crippen LogP contribution in [0.1, 0.15) is 35.4 Å². The lowest BCUT2D eigenvalue weighted by Gasteiger charge is -2.21. The number of imidazole rings is 1. The Hall–Kier alpha value is -1.69. The third-order valence-electron chi connectivity index (χ3n) is 2.75. The number of nitrogens with one attached hydrogen (secondary N) is 1. The molecule has 5 nitrogen and oxygen atoms in total. The Morgan fingerprint density at radius 1 is 1.50 bits per heavy atom. The zero-order chi connectivity index (χ0) is 13.1. The first-order valence-electron chi connectivity index (χ1n) is 5.76. The van der Waals surface area contributed by atoms with E-state index in [1.807, 2.05) is 17.8 Å². The van der Waals surface area contributed by atoms with Crippen LogP contribution in [0.3, 0.4) is 0 Å². The van der Waals surface area contributed by atoms with Gasteiger partial charge >= 0.3 is 0 Å². The van der Waals surface area contributed by atoms with Crippen LogP contribution in [0.2, 0.25) is 0 Å². The Bertz CT molecular complexity index is 518. The van der Waals surface area contributed by atoms with Crippen LogP contribution in [0.15, 0.2) is 24.1 Å². The Morgan fingerprint density at radius 3 is 2.78 bits per heavy atom. The fraction of sp³-hybridized carbons (Fsp3) is 0.417. The van der Waals surface area contributed by atoms with Crippen LogP contribution in [-0.2, 0) is 7.05 Å². The first-order chi connectivity index (χ1) is 8.59. The number of carbonyl (C=O) groups excluding carboxylic acids is 1. The van der Waals surface area contributed by atoms with Crippen LogP contribution in [0, 0.1) is 5.92 Å². The average Bonchev–Trinajstić information content (AvgIpc) is 2.96. The minimum atomic E-state index is -0.0980. The molecule has 0 saturated heterocycles. The molecular formula is C12H16N4OS. The number of thiazole rings is 1. The summed E-state index contributed by atoms with van der Waals surface area (Å²) >= 11 is 1.34. The van der Waals surface area contributed by atoms with Gasteiger partial charge in [0.05, 0.1) is 17.7 Å². The van der Waals surface area contributed by atoms with Crippen molar-refractivity contribution in [3.05, 3.63) is 34.8 Å². The molecule has 1 amide bonds. The van der Waals surface area contributed by atoms with E-state index in [1.165, 1.54) is 11.3 Å². The third-order valence-corrected chi connectivity index (χ3v) is 3.52. The molecule has 0 fully saturated rings. The normalized spacial score (nSPS) is 12.7. The maximum absolute atomic E-state index is 12.0. The molecule has 0 aliphatic heterocycles. The van der Waals surface area contributed by atoms with Crippen molar-refractivity contribution in [2.45, 2.75) is 19.9 Å². The van der Waals surface area contributed by atoms with Gasteiger partial charge in [0.2, 0.25) is 0 Å². The lowest BCUT2D eigenvalue weighted by Crippen LogP contribution is -2.33. The lowest BCUT2D eigenvalue weighted by molar-refractivity contribution is 0.0926. The number of nitrogens with zero attached hydrogens (tertiary/aromatic N) is 3. The van der Waals surface area contributed by atoms with Crippen molar-refractivity contribution < 1.29 is 4.79 Å². The largest absolute Gasteiger partial charge is 0.341 e. The molecule has 2 heterocycles. The summed E-state index contributed by atoms with van der Waals surface area (Å²) in [4.78, 5) is 20.9. The van der Waals surface area contributed by atoms with E-state index in [0.717, 1.165) is 5.82 Å². The Labute approximate surface area is 110 Å². The summed E-state index contributed by atoms with van der Waals surface area (Å²) in [5, 5.41) is 3.01. The first-order valence-corrected chi connectivity index (χ1v) is 6.64. The van der Waals surface area contributed by atoms with Gasteiger partial charge in [0.15, 0.2) is 0 Å². The van der Waals surface area contributed by atoms with Crippen LogP contribution in [0.4, 0.5) is 0 Å². The molecule has 6 heteroatoms. The minimum absolute atomic E-state index is 0.0976. The molecule has 0 aliphatic rings. The molecule has 2 rings (SSSR count). The van der Waals surface area contributed by atoms with Crippen molar-refractivity contribution in [3.8, 4) is 0 Å². The van der Waals surface area contributed by atoms with Gasteiger partial charge in [-0.1, -0.05) is 13.8 Å². The van der Waals surface area contributed by atoms with Crippen molar-refractivity contribution in [2.24, 2.45) is 13.0 Å². The molecular weight excluding hydrogens is 248 g/mol. The van der Waals surface area contributed by atoms with E-state index in [4.69, 9.17) is 0 Å². The maximum Gasteiger partial charge on any atom is 0.263 e. The average molecular weight is 264 g/mol. The molecule has 0 saturated carbocycles. The summed E-state index contributed by atoms with van der Waals surface area (Å²) < 4.78 is 1.93. The summed E-state index contributed by atoms with van der Waals surface area (Å²) in [5.41, 5.74) is 1.65. The zero-order valence-electron chi connectivity index (χ0n) is 10.6. The summed E-state index contributed by atoms with van der Waals surface area (Å²) in [7, 11) is 1.93. The second kappa shape index (κ2) is 5.30. The van der Waals surface area contributed by atoms with E-state index in [2.05, 4.69) is 29.1 Å². The SMILES string of the molecule is CC(C)C(NC(=O)c1cncs1)c1nccn1C. The minimum Gasteiger partial charge on any atom is -0.341 e. The van der Waals surface area contributed by atoms with E-state index in [9.17, 15) is 4.79 Å². The Morgan fingerprint density at radius 2 is 2.28 bits per heavy atom. The summed E-state index contributed by atoms with van der Waals surface area (Å²) in [6.07, 6.45) is 5.20. The molecule has 96 valence electrons. The molecule has 1 unspecified atom stereocenters. The molecule has 1 N–H and O–H groups in total. The molecule has 0 radical (unpaired) electrons. The van der Waals surface area contributed by atoms with Crippen LogP contribution < -0.4 is 5.32 Å². The van der Waals surface area contributed by atoms with Gasteiger partial charge in [-0.2, -0.15) is 0 Å². The van der Waals surface area contributed by atoms with E-state index in [0.29, 0.717) is 4.88 Å². The van der Waals surface area contributed by atoms with Gasteiger partial charge in [0.25, 0.3) is 5.91 Å². The van der Waals surface area contributed by atoms with Crippen LogP contribution in [0.25, 0.3) is 0 Å². The van der Waals surface area contributed by atoms with Gasteiger partial charge in [0, 0.05) is 19.4 Å².